The van der Waals surface area contributed by atoms with Crippen LogP contribution >= 0.6 is 7.82 Å². The maximum Gasteiger partial charge on any atom is 0.472 e. The number of unbranched alkanes of at least 4 members (excludes halogenated alkanes) is 22. The van der Waals surface area contributed by atoms with Crippen LogP contribution in [0.4, 0.5) is 0 Å². The van der Waals surface area contributed by atoms with E-state index < -0.39 is 19.9 Å². The second-order valence-electron chi connectivity index (χ2n) is 13.6. The molecule has 0 aromatic rings. The Kier molecular flexibility index (Phi) is 37.7. The van der Waals surface area contributed by atoms with Gasteiger partial charge in [-0.2, -0.15) is 0 Å². The lowest BCUT2D eigenvalue weighted by molar-refractivity contribution is -0.153. The molecule has 0 amide bonds. The topological polar surface area (TPSA) is 117 Å². The van der Waals surface area contributed by atoms with Gasteiger partial charge in [-0.05, 0) is 44.6 Å². The molecule has 9 heteroatoms. The Balaban J connectivity index is 4.19. The highest BCUT2D eigenvalue weighted by molar-refractivity contribution is 7.47. The average molecular weight is 728 g/mol. The number of ether oxygens (including phenoxy) is 2. The number of phosphoric ester groups is 1. The second-order valence-corrected chi connectivity index (χ2v) is 15.0. The molecule has 0 aromatic heterocycles. The van der Waals surface area contributed by atoms with Gasteiger partial charge in [-0.25, -0.2) is 4.57 Å². The molecule has 2 unspecified atom stereocenters. The maximum atomic E-state index is 12.5. The van der Waals surface area contributed by atoms with E-state index in [9.17, 15) is 14.3 Å². The lowest BCUT2D eigenvalue weighted by atomic mass is 10.1. The van der Waals surface area contributed by atoms with Gasteiger partial charge in [0.25, 0.3) is 0 Å². The molecular formula is C41H78NO7P. The van der Waals surface area contributed by atoms with Gasteiger partial charge in [-0.15, -0.1) is 0 Å². The molecule has 294 valence electrons. The summed E-state index contributed by atoms with van der Waals surface area (Å²) >= 11 is 0. The van der Waals surface area contributed by atoms with Crippen LogP contribution < -0.4 is 5.73 Å². The fourth-order valence-corrected chi connectivity index (χ4v) is 6.38. The Bertz CT molecular complexity index is 864. The molecule has 0 aliphatic carbocycles. The number of phosphoric acid groups is 1. The maximum absolute atomic E-state index is 12.5. The molecule has 0 aliphatic rings. The van der Waals surface area contributed by atoms with Crippen LogP contribution in [-0.2, 0) is 27.9 Å². The summed E-state index contributed by atoms with van der Waals surface area (Å²) in [5, 5.41) is 0. The number of esters is 1. The van der Waals surface area contributed by atoms with Crippen LogP contribution in [0.1, 0.15) is 187 Å². The molecule has 0 rings (SSSR count). The fourth-order valence-electron chi connectivity index (χ4n) is 5.61. The van der Waals surface area contributed by atoms with E-state index in [2.05, 4.69) is 32.1 Å². The molecule has 50 heavy (non-hydrogen) atoms. The van der Waals surface area contributed by atoms with E-state index in [1.165, 1.54) is 141 Å². The lowest BCUT2D eigenvalue weighted by Crippen LogP contribution is -2.27. The molecule has 0 saturated heterocycles. The fraction of sp³-hybridized carbons (Fsp3) is 0.829. The first-order valence-corrected chi connectivity index (χ1v) is 22.0. The standard InChI is InChI=1S/C41H78NO7P/c1-3-5-7-9-11-13-15-17-19-21-23-25-27-29-31-33-36-46-38-40(39-48-50(44,45)47-37-35-42)49-41(43)34-32-30-28-26-24-22-20-18-16-14-12-10-8-6-4-2/h27-30,33,36,40H,3-26,31-32,34-35,37-39,42H2,1-2H3,(H,44,45)/b29-27-,30-28-,36-33+. The Morgan fingerprint density at radius 3 is 1.58 bits per heavy atom. The van der Waals surface area contributed by atoms with Crippen LogP contribution in [0.5, 0.6) is 0 Å². The van der Waals surface area contributed by atoms with Crippen LogP contribution in [0, 0.1) is 0 Å². The van der Waals surface area contributed by atoms with E-state index in [1.807, 2.05) is 12.2 Å². The normalized spacial score (nSPS) is 13.8. The van der Waals surface area contributed by atoms with E-state index in [0.717, 1.165) is 19.3 Å². The van der Waals surface area contributed by atoms with Crippen molar-refractivity contribution in [2.75, 3.05) is 26.4 Å². The van der Waals surface area contributed by atoms with Crippen LogP contribution in [0.2, 0.25) is 0 Å². The van der Waals surface area contributed by atoms with Crippen molar-refractivity contribution in [1.82, 2.24) is 0 Å². The largest absolute Gasteiger partial charge is 0.498 e. The first kappa shape index (κ1) is 48.6. The zero-order chi connectivity index (χ0) is 36.6. The van der Waals surface area contributed by atoms with Gasteiger partial charge in [0.2, 0.25) is 0 Å². The molecule has 8 nitrogen and oxygen atoms in total. The van der Waals surface area contributed by atoms with Crippen LogP contribution in [-0.4, -0.2) is 43.3 Å². The van der Waals surface area contributed by atoms with Crippen LogP contribution in [0.3, 0.4) is 0 Å². The number of nitrogens with two attached hydrogens (primary N) is 1. The van der Waals surface area contributed by atoms with E-state index in [1.54, 1.807) is 6.26 Å². The number of allylic oxidation sites excluding steroid dienone is 5. The van der Waals surface area contributed by atoms with Crippen molar-refractivity contribution < 1.29 is 32.8 Å². The van der Waals surface area contributed by atoms with Gasteiger partial charge in [0.05, 0.1) is 19.5 Å². The molecule has 0 spiro atoms. The molecule has 0 radical (unpaired) electrons. The lowest BCUT2D eigenvalue weighted by Gasteiger charge is -2.19. The summed E-state index contributed by atoms with van der Waals surface area (Å²) in [6.07, 6.45) is 44.2. The van der Waals surface area contributed by atoms with Gasteiger partial charge < -0.3 is 20.1 Å². The Morgan fingerprint density at radius 1 is 0.620 bits per heavy atom. The SMILES string of the molecule is CCCCCCCCCCCCC/C=C\C/C=C/OCC(COP(=O)(O)OCCN)OC(=O)CC/C=C\CCCCCCCCCCCCC. The van der Waals surface area contributed by atoms with Gasteiger partial charge in [0.1, 0.15) is 6.61 Å². The highest BCUT2D eigenvalue weighted by Crippen LogP contribution is 2.43. The van der Waals surface area contributed by atoms with Crippen molar-refractivity contribution in [2.45, 2.75) is 193 Å². The number of hydrogen-bond donors (Lipinski definition) is 2. The first-order valence-electron chi connectivity index (χ1n) is 20.5. The summed E-state index contributed by atoms with van der Waals surface area (Å²) in [7, 11) is -4.30. The van der Waals surface area contributed by atoms with Crippen LogP contribution in [0.25, 0.3) is 0 Å². The third-order valence-corrected chi connectivity index (χ3v) is 9.62. The van der Waals surface area contributed by atoms with E-state index in [-0.39, 0.29) is 32.8 Å². The van der Waals surface area contributed by atoms with Gasteiger partial charge in [-0.1, -0.05) is 167 Å². The molecule has 0 aromatic carbocycles. The summed E-state index contributed by atoms with van der Waals surface area (Å²) in [5.74, 6) is -0.411. The molecule has 0 fully saturated rings. The number of rotatable bonds is 39. The van der Waals surface area contributed by atoms with Gasteiger partial charge >= 0.3 is 13.8 Å². The molecule has 3 N–H and O–H groups in total. The number of carbonyl (C=O) groups excluding carboxylic acids is 1. The summed E-state index contributed by atoms with van der Waals surface area (Å²) in [6, 6.07) is 0. The molecule has 0 aliphatic heterocycles. The molecular weight excluding hydrogens is 649 g/mol. The Morgan fingerprint density at radius 2 is 1.08 bits per heavy atom. The second kappa shape index (κ2) is 38.8. The molecule has 0 saturated carbocycles. The Hall–Kier alpha value is -1.44. The molecule has 2 atom stereocenters. The highest BCUT2D eigenvalue weighted by Gasteiger charge is 2.25. The van der Waals surface area contributed by atoms with Gasteiger partial charge in [0, 0.05) is 13.0 Å². The predicted octanol–water partition coefficient (Wildman–Crippen LogP) is 12.2. The minimum atomic E-state index is -4.30. The van der Waals surface area contributed by atoms with Gasteiger partial charge in [-0.3, -0.25) is 13.8 Å². The van der Waals surface area contributed by atoms with E-state index in [0.29, 0.717) is 6.42 Å². The zero-order valence-corrected chi connectivity index (χ0v) is 33.3. The number of hydrogen-bond acceptors (Lipinski definition) is 7. The zero-order valence-electron chi connectivity index (χ0n) is 32.4. The third kappa shape index (κ3) is 37.8. The quantitative estimate of drug-likeness (QED) is 0.0211. The monoisotopic (exact) mass is 728 g/mol. The highest BCUT2D eigenvalue weighted by atomic mass is 31.2. The number of carbonyl (C=O) groups is 1. The van der Waals surface area contributed by atoms with Crippen molar-refractivity contribution in [3.8, 4) is 0 Å². The average Bonchev–Trinajstić information content (AvgIpc) is 3.10. The minimum absolute atomic E-state index is 0.00369. The van der Waals surface area contributed by atoms with Crippen molar-refractivity contribution in [1.29, 1.82) is 0 Å². The van der Waals surface area contributed by atoms with Gasteiger partial charge in [0.15, 0.2) is 6.10 Å². The van der Waals surface area contributed by atoms with E-state index >= 15 is 0 Å². The van der Waals surface area contributed by atoms with Crippen molar-refractivity contribution in [3.63, 3.8) is 0 Å². The van der Waals surface area contributed by atoms with Crippen LogP contribution in [0.15, 0.2) is 36.6 Å². The molecule has 0 heterocycles. The van der Waals surface area contributed by atoms with E-state index in [4.69, 9.17) is 24.3 Å². The Labute approximate surface area is 308 Å². The minimum Gasteiger partial charge on any atom is -0.498 e. The van der Waals surface area contributed by atoms with Crippen molar-refractivity contribution in [2.24, 2.45) is 5.73 Å². The summed E-state index contributed by atoms with van der Waals surface area (Å²) in [5.41, 5.74) is 5.35. The van der Waals surface area contributed by atoms with Crippen molar-refractivity contribution >= 4 is 13.8 Å². The molecule has 0 bridgehead atoms. The van der Waals surface area contributed by atoms with Crippen molar-refractivity contribution in [3.05, 3.63) is 36.6 Å². The predicted molar refractivity (Wildman–Crippen MR) is 210 cm³/mol. The smallest absolute Gasteiger partial charge is 0.472 e. The summed E-state index contributed by atoms with van der Waals surface area (Å²) in [6.45, 7) is 4.16. The first-order chi connectivity index (χ1) is 24.4. The summed E-state index contributed by atoms with van der Waals surface area (Å²) in [4.78, 5) is 22.4. The third-order valence-electron chi connectivity index (χ3n) is 8.64. The summed E-state index contributed by atoms with van der Waals surface area (Å²) < 4.78 is 33.0.